The molecule has 0 radical (unpaired) electrons. The summed E-state index contributed by atoms with van der Waals surface area (Å²) in [4.78, 5) is 9.99. The minimum atomic E-state index is -0.248. The van der Waals surface area contributed by atoms with E-state index in [0.717, 1.165) is 11.8 Å². The Labute approximate surface area is 76.9 Å². The smallest absolute Gasteiger partial charge is 0.130 e. The van der Waals surface area contributed by atoms with Crippen LogP contribution in [0.3, 0.4) is 0 Å². The van der Waals surface area contributed by atoms with Gasteiger partial charge in [0.2, 0.25) is 0 Å². The average Bonchev–Trinajstić information content (AvgIpc) is 2.09. The summed E-state index contributed by atoms with van der Waals surface area (Å²) in [7, 11) is 0. The quantitative estimate of drug-likeness (QED) is 0.650. The van der Waals surface area contributed by atoms with E-state index in [1.54, 1.807) is 18.2 Å². The highest BCUT2D eigenvalue weighted by Gasteiger charge is 1.96. The van der Waals surface area contributed by atoms with Gasteiger partial charge in [0.15, 0.2) is 0 Å². The average molecular weight is 178 g/mol. The molecule has 13 heavy (non-hydrogen) atoms. The molecule has 0 aliphatic carbocycles. The van der Waals surface area contributed by atoms with E-state index in [2.05, 4.69) is 0 Å². The predicted molar refractivity (Wildman–Crippen MR) is 50.9 cm³/mol. The van der Waals surface area contributed by atoms with Crippen LogP contribution in [-0.2, 0) is 4.79 Å². The van der Waals surface area contributed by atoms with E-state index >= 15 is 0 Å². The van der Waals surface area contributed by atoms with Crippen molar-refractivity contribution < 1.29 is 9.18 Å². The largest absolute Gasteiger partial charge is 0.303 e. The Morgan fingerprint density at radius 1 is 1.46 bits per heavy atom. The van der Waals surface area contributed by atoms with Gasteiger partial charge in [0, 0.05) is 12.0 Å². The van der Waals surface area contributed by atoms with Crippen molar-refractivity contribution in [1.29, 1.82) is 0 Å². The van der Waals surface area contributed by atoms with E-state index in [9.17, 15) is 9.18 Å². The lowest BCUT2D eigenvalue weighted by atomic mass is 10.1. The number of hydrogen-bond donors (Lipinski definition) is 0. The van der Waals surface area contributed by atoms with Crippen LogP contribution in [0, 0.1) is 12.7 Å². The van der Waals surface area contributed by atoms with Gasteiger partial charge < -0.3 is 4.79 Å². The number of aldehydes is 1. The van der Waals surface area contributed by atoms with Gasteiger partial charge in [0.05, 0.1) is 0 Å². The zero-order chi connectivity index (χ0) is 9.68. The second-order valence-corrected chi connectivity index (χ2v) is 2.83. The molecule has 0 saturated carbocycles. The normalized spacial score (nSPS) is 10.6. The highest BCUT2D eigenvalue weighted by Crippen LogP contribution is 2.11. The molecule has 2 heteroatoms. The molecule has 0 heterocycles. The number of carbonyl (C=O) groups is 1. The molecular weight excluding hydrogens is 167 g/mol. The summed E-state index contributed by atoms with van der Waals surface area (Å²) in [5.41, 5.74) is 1.41. The molecule has 1 rings (SSSR count). The van der Waals surface area contributed by atoms with Gasteiger partial charge in [0.25, 0.3) is 0 Å². The monoisotopic (exact) mass is 178 g/mol. The number of allylic oxidation sites excluding steroid dienone is 1. The molecule has 0 saturated heterocycles. The van der Waals surface area contributed by atoms with Crippen molar-refractivity contribution in [2.45, 2.75) is 13.3 Å². The SMILES string of the molecule is Cc1ccc(C=CCC=O)c(F)c1. The zero-order valence-electron chi connectivity index (χ0n) is 7.46. The van der Waals surface area contributed by atoms with E-state index < -0.39 is 0 Å². The fourth-order valence-corrected chi connectivity index (χ4v) is 1.02. The number of rotatable bonds is 3. The van der Waals surface area contributed by atoms with E-state index in [1.165, 1.54) is 6.07 Å². The highest BCUT2D eigenvalue weighted by molar-refractivity contribution is 5.58. The molecule has 0 unspecified atom stereocenters. The minimum Gasteiger partial charge on any atom is -0.303 e. The van der Waals surface area contributed by atoms with E-state index in [4.69, 9.17) is 0 Å². The maximum atomic E-state index is 13.1. The molecule has 1 aromatic carbocycles. The van der Waals surface area contributed by atoms with E-state index in [0.29, 0.717) is 12.0 Å². The third kappa shape index (κ3) is 2.82. The molecular formula is C11H11FO. The number of benzene rings is 1. The molecule has 0 spiro atoms. The van der Waals surface area contributed by atoms with Gasteiger partial charge in [-0.1, -0.05) is 24.3 Å². The number of hydrogen-bond acceptors (Lipinski definition) is 1. The molecule has 0 amide bonds. The summed E-state index contributed by atoms with van der Waals surface area (Å²) < 4.78 is 13.1. The summed E-state index contributed by atoms with van der Waals surface area (Å²) in [6.45, 7) is 1.84. The van der Waals surface area contributed by atoms with Crippen LogP contribution >= 0.6 is 0 Å². The molecule has 0 N–H and O–H groups in total. The van der Waals surface area contributed by atoms with Gasteiger partial charge in [-0.2, -0.15) is 0 Å². The molecule has 0 fully saturated rings. The molecule has 68 valence electrons. The van der Waals surface area contributed by atoms with E-state index in [1.807, 2.05) is 13.0 Å². The maximum absolute atomic E-state index is 13.1. The Hall–Kier alpha value is -1.44. The van der Waals surface area contributed by atoms with Crippen LogP contribution in [-0.4, -0.2) is 6.29 Å². The Morgan fingerprint density at radius 2 is 2.23 bits per heavy atom. The van der Waals surface area contributed by atoms with Crippen LogP contribution < -0.4 is 0 Å². The molecule has 0 atom stereocenters. The van der Waals surface area contributed by atoms with Gasteiger partial charge >= 0.3 is 0 Å². The van der Waals surface area contributed by atoms with Gasteiger partial charge in [-0.05, 0) is 18.6 Å². The first-order chi connectivity index (χ1) is 6.24. The lowest BCUT2D eigenvalue weighted by Crippen LogP contribution is -1.82. The fourth-order valence-electron chi connectivity index (χ4n) is 1.02. The van der Waals surface area contributed by atoms with Crippen molar-refractivity contribution in [3.05, 3.63) is 41.2 Å². The second-order valence-electron chi connectivity index (χ2n) is 2.83. The standard InChI is InChI=1S/C11H11FO/c1-9-5-6-10(11(12)8-9)4-2-3-7-13/h2,4-8H,3H2,1H3. The molecule has 0 aliphatic rings. The summed E-state index contributed by atoms with van der Waals surface area (Å²) in [6.07, 6.45) is 4.36. The molecule has 0 aromatic heterocycles. The van der Waals surface area contributed by atoms with Crippen LogP contribution in [0.5, 0.6) is 0 Å². The fraction of sp³-hybridized carbons (Fsp3) is 0.182. The van der Waals surface area contributed by atoms with Crippen molar-refractivity contribution >= 4 is 12.4 Å². The van der Waals surface area contributed by atoms with Crippen LogP contribution in [0.1, 0.15) is 17.5 Å². The third-order valence-electron chi connectivity index (χ3n) is 1.69. The predicted octanol–water partition coefficient (Wildman–Crippen LogP) is 2.74. The van der Waals surface area contributed by atoms with Gasteiger partial charge in [-0.25, -0.2) is 4.39 Å². The number of halogens is 1. The summed E-state index contributed by atoms with van der Waals surface area (Å²) in [5.74, 6) is -0.248. The maximum Gasteiger partial charge on any atom is 0.130 e. The molecule has 1 nitrogen and oxygen atoms in total. The number of carbonyl (C=O) groups excluding carboxylic acids is 1. The first kappa shape index (κ1) is 9.65. The highest BCUT2D eigenvalue weighted by atomic mass is 19.1. The van der Waals surface area contributed by atoms with Crippen molar-refractivity contribution in [2.24, 2.45) is 0 Å². The van der Waals surface area contributed by atoms with Crippen LogP contribution in [0.2, 0.25) is 0 Å². The Bertz CT molecular complexity index is 329. The van der Waals surface area contributed by atoms with Crippen molar-refractivity contribution in [3.8, 4) is 0 Å². The second kappa shape index (κ2) is 4.55. The Balaban J connectivity index is 2.83. The number of aryl methyl sites for hydroxylation is 1. The van der Waals surface area contributed by atoms with Crippen molar-refractivity contribution in [3.63, 3.8) is 0 Å². The van der Waals surface area contributed by atoms with Crippen LogP contribution in [0.15, 0.2) is 24.3 Å². The van der Waals surface area contributed by atoms with Crippen molar-refractivity contribution in [2.75, 3.05) is 0 Å². The first-order valence-corrected chi connectivity index (χ1v) is 4.10. The zero-order valence-corrected chi connectivity index (χ0v) is 7.46. The Kier molecular flexibility index (Phi) is 3.38. The van der Waals surface area contributed by atoms with Gasteiger partial charge in [0.1, 0.15) is 12.1 Å². The third-order valence-corrected chi connectivity index (χ3v) is 1.69. The first-order valence-electron chi connectivity index (χ1n) is 4.10. The van der Waals surface area contributed by atoms with Gasteiger partial charge in [-0.3, -0.25) is 0 Å². The minimum absolute atomic E-state index is 0.248. The van der Waals surface area contributed by atoms with Crippen LogP contribution in [0.25, 0.3) is 6.08 Å². The molecule has 1 aromatic rings. The van der Waals surface area contributed by atoms with Gasteiger partial charge in [-0.15, -0.1) is 0 Å². The summed E-state index contributed by atoms with van der Waals surface area (Å²) in [6, 6.07) is 5.01. The Morgan fingerprint density at radius 3 is 2.85 bits per heavy atom. The molecule has 0 bridgehead atoms. The topological polar surface area (TPSA) is 17.1 Å². The summed E-state index contributed by atoms with van der Waals surface area (Å²) >= 11 is 0. The van der Waals surface area contributed by atoms with E-state index in [-0.39, 0.29) is 5.82 Å². The van der Waals surface area contributed by atoms with Crippen LogP contribution in [0.4, 0.5) is 4.39 Å². The summed E-state index contributed by atoms with van der Waals surface area (Å²) in [5, 5.41) is 0. The lowest BCUT2D eigenvalue weighted by molar-refractivity contribution is -0.107. The molecule has 0 aliphatic heterocycles. The lowest BCUT2D eigenvalue weighted by Gasteiger charge is -1.97. The van der Waals surface area contributed by atoms with Crippen molar-refractivity contribution in [1.82, 2.24) is 0 Å².